The van der Waals surface area contributed by atoms with Crippen molar-refractivity contribution in [3.05, 3.63) is 64.2 Å². The van der Waals surface area contributed by atoms with Crippen LogP contribution in [0.3, 0.4) is 0 Å². The molecule has 0 aliphatic heterocycles. The van der Waals surface area contributed by atoms with Gasteiger partial charge in [-0.15, -0.1) is 0 Å². The topological polar surface area (TPSA) is 12.4 Å². The predicted octanol–water partition coefficient (Wildman–Crippen LogP) is 5.22. The lowest BCUT2D eigenvalue weighted by molar-refractivity contribution is 0.587. The van der Waals surface area contributed by atoms with Crippen LogP contribution in [0.4, 0.5) is 14.5 Å². The fraction of sp³-hybridized carbons (Fsp3) is 0.211. The van der Waals surface area contributed by atoms with E-state index in [0.717, 1.165) is 36.1 Å². The lowest BCUT2D eigenvalue weighted by Crippen LogP contribution is -1.91. The minimum atomic E-state index is -0.802. The molecule has 1 nitrogen and oxygen atoms in total. The van der Waals surface area contributed by atoms with Crippen LogP contribution in [0, 0.1) is 23.5 Å². The van der Waals surface area contributed by atoms with Crippen LogP contribution in [0.15, 0.2) is 35.3 Å². The molecule has 116 valence electrons. The van der Waals surface area contributed by atoms with Gasteiger partial charge in [0.15, 0.2) is 11.6 Å². The van der Waals surface area contributed by atoms with Crippen LogP contribution in [0.1, 0.15) is 36.1 Å². The minimum Gasteiger partial charge on any atom is -0.204 e. The summed E-state index contributed by atoms with van der Waals surface area (Å²) in [6, 6.07) is 8.37. The average molecular weight is 327 g/mol. The zero-order chi connectivity index (χ0) is 16.8. The average Bonchev–Trinajstić information content (AvgIpc) is 2.56. The molecular weight excluding hydrogens is 312 g/mol. The van der Waals surface area contributed by atoms with Gasteiger partial charge in [-0.3, -0.25) is 0 Å². The molecule has 0 saturated heterocycles. The van der Waals surface area contributed by atoms with Crippen molar-refractivity contribution in [1.29, 1.82) is 0 Å². The third-order valence-electron chi connectivity index (χ3n) is 3.47. The SMILES string of the molecule is CCc1ccc(C#Cc2cc(F)c(N=C=S)c(F)c2)c(CC)c1. The quantitative estimate of drug-likeness (QED) is 0.427. The number of hydrogen-bond acceptors (Lipinski definition) is 2. The van der Waals surface area contributed by atoms with Gasteiger partial charge in [-0.2, -0.15) is 4.99 Å². The van der Waals surface area contributed by atoms with Crippen molar-refractivity contribution in [2.75, 3.05) is 0 Å². The molecule has 0 spiro atoms. The van der Waals surface area contributed by atoms with Gasteiger partial charge in [0.2, 0.25) is 0 Å². The first-order valence-corrected chi connectivity index (χ1v) is 7.70. The number of halogens is 2. The van der Waals surface area contributed by atoms with E-state index in [1.807, 2.05) is 17.3 Å². The first-order valence-electron chi connectivity index (χ1n) is 7.29. The van der Waals surface area contributed by atoms with Crippen LogP contribution < -0.4 is 0 Å². The predicted molar refractivity (Wildman–Crippen MR) is 92.2 cm³/mol. The Labute approximate surface area is 140 Å². The van der Waals surface area contributed by atoms with Gasteiger partial charge in [-0.1, -0.05) is 37.8 Å². The standard InChI is InChI=1S/C19H15F2NS/c1-3-13-5-7-16(15(4-2)9-13)8-6-14-10-17(20)19(22-12-23)18(21)11-14/h5,7,9-11H,3-4H2,1-2H3. The molecule has 4 heteroatoms. The van der Waals surface area contributed by atoms with E-state index in [1.165, 1.54) is 5.56 Å². The zero-order valence-electron chi connectivity index (χ0n) is 12.9. The van der Waals surface area contributed by atoms with Crippen molar-refractivity contribution in [3.8, 4) is 11.8 Å². The first kappa shape index (κ1) is 17.0. The van der Waals surface area contributed by atoms with E-state index in [2.05, 4.69) is 49.0 Å². The Morgan fingerprint density at radius 1 is 1.00 bits per heavy atom. The summed E-state index contributed by atoms with van der Waals surface area (Å²) in [6.45, 7) is 4.15. The number of hydrogen-bond donors (Lipinski definition) is 0. The summed E-state index contributed by atoms with van der Waals surface area (Å²) in [5.74, 6) is 4.19. The molecule has 0 bridgehead atoms. The van der Waals surface area contributed by atoms with Crippen LogP contribution in [0.25, 0.3) is 0 Å². The molecule has 0 unspecified atom stereocenters. The van der Waals surface area contributed by atoms with Gasteiger partial charge >= 0.3 is 0 Å². The van der Waals surface area contributed by atoms with Gasteiger partial charge in [0.25, 0.3) is 0 Å². The summed E-state index contributed by atoms with van der Waals surface area (Å²) < 4.78 is 27.6. The molecule has 0 fully saturated rings. The molecule has 0 saturated carbocycles. The molecule has 2 rings (SSSR count). The molecule has 0 aliphatic rings. The van der Waals surface area contributed by atoms with Crippen LogP contribution >= 0.6 is 12.2 Å². The number of isothiocyanates is 1. The van der Waals surface area contributed by atoms with E-state index >= 15 is 0 Å². The highest BCUT2D eigenvalue weighted by Gasteiger charge is 2.09. The Morgan fingerprint density at radius 2 is 1.70 bits per heavy atom. The van der Waals surface area contributed by atoms with Crippen molar-refractivity contribution in [3.63, 3.8) is 0 Å². The summed E-state index contributed by atoms with van der Waals surface area (Å²) in [4.78, 5) is 3.38. The highest BCUT2D eigenvalue weighted by molar-refractivity contribution is 7.78. The monoisotopic (exact) mass is 327 g/mol. The lowest BCUT2D eigenvalue weighted by Gasteiger charge is -2.04. The molecule has 0 heterocycles. The molecule has 0 N–H and O–H groups in total. The van der Waals surface area contributed by atoms with Crippen molar-refractivity contribution in [2.45, 2.75) is 26.7 Å². The largest absolute Gasteiger partial charge is 0.204 e. The number of aliphatic imine (C=N–C) groups is 1. The smallest absolute Gasteiger partial charge is 0.153 e. The highest BCUT2D eigenvalue weighted by Crippen LogP contribution is 2.23. The lowest BCUT2D eigenvalue weighted by atomic mass is 10.0. The summed E-state index contributed by atoms with van der Waals surface area (Å²) >= 11 is 4.37. The summed E-state index contributed by atoms with van der Waals surface area (Å²) in [5.41, 5.74) is 3.05. The Kier molecular flexibility index (Phi) is 5.76. The Hall–Kier alpha value is -2.34. The van der Waals surface area contributed by atoms with E-state index in [0.29, 0.717) is 0 Å². The molecule has 23 heavy (non-hydrogen) atoms. The van der Waals surface area contributed by atoms with Crippen LogP contribution in [-0.4, -0.2) is 5.16 Å². The second-order valence-corrected chi connectivity index (χ2v) is 5.12. The molecule has 0 radical (unpaired) electrons. The third-order valence-corrected chi connectivity index (χ3v) is 3.57. The highest BCUT2D eigenvalue weighted by atomic mass is 32.1. The fourth-order valence-electron chi connectivity index (χ4n) is 2.21. The van der Waals surface area contributed by atoms with Gasteiger partial charge in [0.1, 0.15) is 5.69 Å². The molecule has 0 aliphatic carbocycles. The van der Waals surface area contributed by atoms with Crippen LogP contribution in [0.5, 0.6) is 0 Å². The van der Waals surface area contributed by atoms with Crippen molar-refractivity contribution >= 4 is 23.1 Å². The Balaban J connectivity index is 2.41. The maximum absolute atomic E-state index is 13.8. The van der Waals surface area contributed by atoms with Crippen LogP contribution in [0.2, 0.25) is 0 Å². The van der Waals surface area contributed by atoms with E-state index in [1.54, 1.807) is 0 Å². The van der Waals surface area contributed by atoms with E-state index < -0.39 is 17.3 Å². The normalized spacial score (nSPS) is 9.74. The third kappa shape index (κ3) is 4.10. The van der Waals surface area contributed by atoms with E-state index in [9.17, 15) is 8.78 Å². The molecule has 0 aromatic heterocycles. The number of nitrogens with zero attached hydrogens (tertiary/aromatic N) is 1. The number of thiocarbonyl (C=S) groups is 1. The fourth-order valence-corrected chi connectivity index (χ4v) is 2.30. The van der Waals surface area contributed by atoms with Gasteiger partial charge in [-0.05, 0) is 54.4 Å². The number of rotatable bonds is 3. The van der Waals surface area contributed by atoms with Gasteiger partial charge in [0, 0.05) is 11.1 Å². The van der Waals surface area contributed by atoms with Crippen molar-refractivity contribution in [1.82, 2.24) is 0 Å². The summed E-state index contributed by atoms with van der Waals surface area (Å²) in [6.07, 6.45) is 1.81. The van der Waals surface area contributed by atoms with Gasteiger partial charge in [-0.25, -0.2) is 8.78 Å². The summed E-state index contributed by atoms with van der Waals surface area (Å²) in [7, 11) is 0. The second kappa shape index (κ2) is 7.78. The van der Waals surface area contributed by atoms with Crippen molar-refractivity contribution < 1.29 is 8.78 Å². The zero-order valence-corrected chi connectivity index (χ0v) is 13.7. The van der Waals surface area contributed by atoms with Crippen molar-refractivity contribution in [2.24, 2.45) is 4.99 Å². The van der Waals surface area contributed by atoms with Gasteiger partial charge in [0.05, 0.1) is 5.16 Å². The maximum Gasteiger partial charge on any atom is 0.153 e. The van der Waals surface area contributed by atoms with Crippen LogP contribution in [-0.2, 0) is 12.8 Å². The number of benzene rings is 2. The Morgan fingerprint density at radius 3 is 2.26 bits per heavy atom. The maximum atomic E-state index is 13.8. The molecular formula is C19H15F2NS. The number of aryl methyl sites for hydroxylation is 2. The Bertz CT molecular complexity index is 817. The first-order chi connectivity index (χ1) is 11.1. The second-order valence-electron chi connectivity index (χ2n) is 4.94. The molecule has 2 aromatic rings. The van der Waals surface area contributed by atoms with E-state index in [-0.39, 0.29) is 5.56 Å². The minimum absolute atomic E-state index is 0.255. The molecule has 0 atom stereocenters. The summed E-state index contributed by atoms with van der Waals surface area (Å²) in [5, 5.41) is 1.96. The molecule has 0 amide bonds. The van der Waals surface area contributed by atoms with E-state index in [4.69, 9.17) is 0 Å². The molecule has 2 aromatic carbocycles. The van der Waals surface area contributed by atoms with Gasteiger partial charge < -0.3 is 0 Å².